The lowest BCUT2D eigenvalue weighted by molar-refractivity contribution is 0.0474. The first-order chi connectivity index (χ1) is 12.6. The van der Waals surface area contributed by atoms with Gasteiger partial charge in [-0.05, 0) is 36.4 Å². The van der Waals surface area contributed by atoms with E-state index in [-0.39, 0.29) is 18.0 Å². The predicted octanol–water partition coefficient (Wildman–Crippen LogP) is 2.51. The third kappa shape index (κ3) is 3.72. The molecule has 0 unspecified atom stereocenters. The van der Waals surface area contributed by atoms with Gasteiger partial charge in [-0.25, -0.2) is 4.79 Å². The fourth-order valence-corrected chi connectivity index (χ4v) is 2.48. The second kappa shape index (κ2) is 7.77. The lowest BCUT2D eigenvalue weighted by Gasteiger charge is -2.18. The van der Waals surface area contributed by atoms with Gasteiger partial charge in [0.15, 0.2) is 35.4 Å². The van der Waals surface area contributed by atoms with E-state index < -0.39 is 5.97 Å². The van der Waals surface area contributed by atoms with Gasteiger partial charge in [0.25, 0.3) is 0 Å². The number of Topliss-reactive ketones (excluding diaryl/α,β-unsaturated/α-hetero) is 1. The van der Waals surface area contributed by atoms with E-state index in [9.17, 15) is 9.59 Å². The van der Waals surface area contributed by atoms with Gasteiger partial charge in [0.05, 0.1) is 19.8 Å². The molecule has 3 rings (SSSR count). The Morgan fingerprint density at radius 2 is 1.58 bits per heavy atom. The minimum absolute atomic E-state index is 0.286. The molecule has 136 valence electrons. The van der Waals surface area contributed by atoms with Gasteiger partial charge >= 0.3 is 5.97 Å². The maximum absolute atomic E-state index is 12.3. The largest absolute Gasteiger partial charge is 0.493 e. The molecular formula is C19H18O7. The van der Waals surface area contributed by atoms with Crippen molar-refractivity contribution in [2.24, 2.45) is 0 Å². The number of rotatable bonds is 6. The van der Waals surface area contributed by atoms with Crippen LogP contribution in [0.4, 0.5) is 0 Å². The smallest absolute Gasteiger partial charge is 0.338 e. The Bertz CT molecular complexity index is 777. The Hall–Kier alpha value is -3.22. The molecule has 0 radical (unpaired) electrons. The molecule has 0 aromatic heterocycles. The SMILES string of the molecule is COc1ccc(C(=O)COC(=O)c2ccc3c(c2)OCCO3)cc1OC. The van der Waals surface area contributed by atoms with Crippen LogP contribution >= 0.6 is 0 Å². The minimum Gasteiger partial charge on any atom is -0.493 e. The normalized spacial score (nSPS) is 12.2. The van der Waals surface area contributed by atoms with Gasteiger partial charge in [-0.2, -0.15) is 0 Å². The third-order valence-corrected chi connectivity index (χ3v) is 3.82. The van der Waals surface area contributed by atoms with Crippen LogP contribution in [0.1, 0.15) is 20.7 Å². The van der Waals surface area contributed by atoms with Crippen molar-refractivity contribution in [1.82, 2.24) is 0 Å². The number of carbonyl (C=O) groups excluding carboxylic acids is 2. The lowest BCUT2D eigenvalue weighted by atomic mass is 10.1. The molecule has 0 bridgehead atoms. The number of carbonyl (C=O) groups is 2. The minimum atomic E-state index is -0.615. The Balaban J connectivity index is 1.65. The Morgan fingerprint density at radius 3 is 2.31 bits per heavy atom. The maximum Gasteiger partial charge on any atom is 0.338 e. The van der Waals surface area contributed by atoms with Crippen LogP contribution in [0, 0.1) is 0 Å². The van der Waals surface area contributed by atoms with E-state index in [1.165, 1.54) is 20.3 Å². The zero-order valence-electron chi connectivity index (χ0n) is 14.4. The molecule has 26 heavy (non-hydrogen) atoms. The van der Waals surface area contributed by atoms with E-state index >= 15 is 0 Å². The van der Waals surface area contributed by atoms with Crippen molar-refractivity contribution in [2.75, 3.05) is 34.0 Å². The molecule has 1 heterocycles. The molecule has 7 heteroatoms. The summed E-state index contributed by atoms with van der Waals surface area (Å²) in [5, 5.41) is 0. The van der Waals surface area contributed by atoms with Crippen molar-refractivity contribution in [1.29, 1.82) is 0 Å². The monoisotopic (exact) mass is 358 g/mol. The van der Waals surface area contributed by atoms with E-state index in [0.29, 0.717) is 41.8 Å². The predicted molar refractivity (Wildman–Crippen MR) is 91.6 cm³/mol. The summed E-state index contributed by atoms with van der Waals surface area (Å²) in [6, 6.07) is 9.49. The summed E-state index contributed by atoms with van der Waals surface area (Å²) in [4.78, 5) is 24.4. The molecule has 1 aliphatic heterocycles. The summed E-state index contributed by atoms with van der Waals surface area (Å²) >= 11 is 0. The number of fused-ring (bicyclic) bond motifs is 1. The standard InChI is InChI=1S/C19H18O7/c1-22-15-5-3-12(9-17(15)23-2)14(20)11-26-19(21)13-4-6-16-18(10-13)25-8-7-24-16/h3-6,9-10H,7-8,11H2,1-2H3. The van der Waals surface area contributed by atoms with Crippen LogP contribution in [0.5, 0.6) is 23.0 Å². The fraction of sp³-hybridized carbons (Fsp3) is 0.263. The summed E-state index contributed by atoms with van der Waals surface area (Å²) in [7, 11) is 2.99. The van der Waals surface area contributed by atoms with Crippen molar-refractivity contribution >= 4 is 11.8 Å². The lowest BCUT2D eigenvalue weighted by Crippen LogP contribution is -2.17. The Labute approximate surface area is 150 Å². The van der Waals surface area contributed by atoms with Crippen molar-refractivity contribution < 1.29 is 33.3 Å². The highest BCUT2D eigenvalue weighted by molar-refractivity contribution is 6.00. The zero-order chi connectivity index (χ0) is 18.5. The number of benzene rings is 2. The molecule has 2 aromatic carbocycles. The molecule has 2 aromatic rings. The molecule has 0 atom stereocenters. The number of hydrogen-bond donors (Lipinski definition) is 0. The first-order valence-electron chi connectivity index (χ1n) is 7.94. The zero-order valence-corrected chi connectivity index (χ0v) is 14.4. The first-order valence-corrected chi connectivity index (χ1v) is 7.94. The molecule has 0 saturated carbocycles. The van der Waals surface area contributed by atoms with Crippen LogP contribution in [-0.4, -0.2) is 45.8 Å². The quantitative estimate of drug-likeness (QED) is 0.580. The molecule has 1 aliphatic rings. The number of methoxy groups -OCH3 is 2. The van der Waals surface area contributed by atoms with Crippen LogP contribution in [0.25, 0.3) is 0 Å². The van der Waals surface area contributed by atoms with E-state index in [4.69, 9.17) is 23.7 Å². The Morgan fingerprint density at radius 1 is 0.885 bits per heavy atom. The summed E-state index contributed by atoms with van der Waals surface area (Å²) < 4.78 is 26.2. The first kappa shape index (κ1) is 17.6. The molecule has 0 amide bonds. The highest BCUT2D eigenvalue weighted by atomic mass is 16.6. The second-order valence-electron chi connectivity index (χ2n) is 5.43. The molecule has 0 N–H and O–H groups in total. The topological polar surface area (TPSA) is 80.3 Å². The number of esters is 1. The highest BCUT2D eigenvalue weighted by Gasteiger charge is 2.17. The van der Waals surface area contributed by atoms with Crippen molar-refractivity contribution in [3.63, 3.8) is 0 Å². The number of ether oxygens (including phenoxy) is 5. The summed E-state index contributed by atoms with van der Waals surface area (Å²) in [6.07, 6.45) is 0. The second-order valence-corrected chi connectivity index (χ2v) is 5.43. The summed E-state index contributed by atoms with van der Waals surface area (Å²) in [5.41, 5.74) is 0.645. The van der Waals surface area contributed by atoms with E-state index in [1.54, 1.807) is 30.3 Å². The average molecular weight is 358 g/mol. The van der Waals surface area contributed by atoms with E-state index in [1.807, 2.05) is 0 Å². The number of ketones is 1. The Kier molecular flexibility index (Phi) is 5.26. The van der Waals surface area contributed by atoms with Crippen LogP contribution < -0.4 is 18.9 Å². The van der Waals surface area contributed by atoms with Crippen LogP contribution in [-0.2, 0) is 4.74 Å². The molecule has 0 fully saturated rings. The van der Waals surface area contributed by atoms with E-state index in [2.05, 4.69) is 0 Å². The highest BCUT2D eigenvalue weighted by Crippen LogP contribution is 2.31. The van der Waals surface area contributed by atoms with Crippen LogP contribution in [0.2, 0.25) is 0 Å². The summed E-state index contributed by atoms with van der Waals surface area (Å²) in [6.45, 7) is 0.503. The van der Waals surface area contributed by atoms with Crippen molar-refractivity contribution in [3.05, 3.63) is 47.5 Å². The maximum atomic E-state index is 12.3. The molecule has 0 aliphatic carbocycles. The van der Waals surface area contributed by atoms with Gasteiger partial charge < -0.3 is 23.7 Å². The summed E-state index contributed by atoms with van der Waals surface area (Å²) in [5.74, 6) is 1.03. The third-order valence-electron chi connectivity index (χ3n) is 3.82. The molecule has 7 nitrogen and oxygen atoms in total. The van der Waals surface area contributed by atoms with Gasteiger partial charge in [0, 0.05) is 5.56 Å². The van der Waals surface area contributed by atoms with Gasteiger partial charge in [0.2, 0.25) is 0 Å². The van der Waals surface area contributed by atoms with Gasteiger partial charge in [0.1, 0.15) is 13.2 Å². The van der Waals surface area contributed by atoms with Crippen molar-refractivity contribution in [3.8, 4) is 23.0 Å². The van der Waals surface area contributed by atoms with Crippen LogP contribution in [0.3, 0.4) is 0 Å². The van der Waals surface area contributed by atoms with Gasteiger partial charge in [-0.3, -0.25) is 4.79 Å². The van der Waals surface area contributed by atoms with Gasteiger partial charge in [-0.15, -0.1) is 0 Å². The van der Waals surface area contributed by atoms with Gasteiger partial charge in [-0.1, -0.05) is 0 Å². The molecule has 0 saturated heterocycles. The number of hydrogen-bond acceptors (Lipinski definition) is 7. The van der Waals surface area contributed by atoms with Crippen LogP contribution in [0.15, 0.2) is 36.4 Å². The fourth-order valence-electron chi connectivity index (χ4n) is 2.48. The molecule has 0 spiro atoms. The van der Waals surface area contributed by atoms with E-state index in [0.717, 1.165) is 0 Å². The molecular weight excluding hydrogens is 340 g/mol. The average Bonchev–Trinajstić information content (AvgIpc) is 2.70. The van der Waals surface area contributed by atoms with Crippen molar-refractivity contribution in [2.45, 2.75) is 0 Å².